The van der Waals surface area contributed by atoms with E-state index in [2.05, 4.69) is 11.7 Å². The van der Waals surface area contributed by atoms with Gasteiger partial charge in [0.1, 0.15) is 5.75 Å². The molecule has 1 fully saturated rings. The van der Waals surface area contributed by atoms with E-state index >= 15 is 0 Å². The first kappa shape index (κ1) is 19.0. The van der Waals surface area contributed by atoms with E-state index in [9.17, 15) is 4.79 Å². The van der Waals surface area contributed by atoms with Crippen LogP contribution in [-0.4, -0.2) is 11.3 Å². The fraction of sp³-hybridized carbons (Fsp3) is 0.579. The number of carboxylic acid groups (broad SMARTS) is 1. The van der Waals surface area contributed by atoms with Gasteiger partial charge in [0.15, 0.2) is 0 Å². The van der Waals surface area contributed by atoms with Gasteiger partial charge in [0.2, 0.25) is 0 Å². The standard InChI is InChI=1S/C11H22.C8H5NO3/c1-2-3-5-8-11-9-6-4-7-10-11;9-5-6-1-3-7(4-2-6)12-8(10)11/h11H,2-10H2,1H3;1-4H,(H,10,11). The molecule has 0 spiro atoms. The Morgan fingerprint density at radius 1 is 1.22 bits per heavy atom. The Kier molecular flexibility index (Phi) is 9.54. The van der Waals surface area contributed by atoms with E-state index in [1.807, 2.05) is 6.07 Å². The molecule has 0 atom stereocenters. The number of rotatable bonds is 5. The first-order chi connectivity index (χ1) is 11.2. The molecule has 0 saturated heterocycles. The third-order valence-corrected chi connectivity index (χ3v) is 4.13. The number of nitrogens with zero attached hydrogens (tertiary/aromatic N) is 1. The zero-order valence-corrected chi connectivity index (χ0v) is 14.0. The molecule has 4 heteroatoms. The van der Waals surface area contributed by atoms with Crippen molar-refractivity contribution in [2.75, 3.05) is 0 Å². The highest BCUT2D eigenvalue weighted by Crippen LogP contribution is 2.27. The van der Waals surface area contributed by atoms with Crippen molar-refractivity contribution in [1.82, 2.24) is 0 Å². The molecule has 0 bridgehead atoms. The monoisotopic (exact) mass is 317 g/mol. The zero-order chi connectivity index (χ0) is 16.9. The molecule has 1 aromatic carbocycles. The molecule has 126 valence electrons. The predicted octanol–water partition coefficient (Wildman–Crippen LogP) is 5.76. The molecule has 1 aliphatic rings. The van der Waals surface area contributed by atoms with E-state index in [-0.39, 0.29) is 5.75 Å². The van der Waals surface area contributed by atoms with Crippen molar-refractivity contribution in [2.45, 2.75) is 64.7 Å². The van der Waals surface area contributed by atoms with Crippen molar-refractivity contribution in [3.8, 4) is 11.8 Å². The third-order valence-electron chi connectivity index (χ3n) is 4.13. The summed E-state index contributed by atoms with van der Waals surface area (Å²) in [4.78, 5) is 10.0. The van der Waals surface area contributed by atoms with Crippen LogP contribution in [0.2, 0.25) is 0 Å². The maximum absolute atomic E-state index is 10.0. The van der Waals surface area contributed by atoms with Gasteiger partial charge in [-0.15, -0.1) is 0 Å². The minimum atomic E-state index is -1.36. The van der Waals surface area contributed by atoms with Crippen molar-refractivity contribution in [1.29, 1.82) is 5.26 Å². The Morgan fingerprint density at radius 2 is 1.87 bits per heavy atom. The summed E-state index contributed by atoms with van der Waals surface area (Å²) in [7, 11) is 0. The van der Waals surface area contributed by atoms with E-state index in [1.54, 1.807) is 0 Å². The van der Waals surface area contributed by atoms with Gasteiger partial charge in [0.25, 0.3) is 0 Å². The summed E-state index contributed by atoms with van der Waals surface area (Å²) in [5.41, 5.74) is 0.465. The summed E-state index contributed by atoms with van der Waals surface area (Å²) in [6.45, 7) is 2.29. The molecule has 0 aromatic heterocycles. The molecule has 4 nitrogen and oxygen atoms in total. The quantitative estimate of drug-likeness (QED) is 0.425. The second-order valence-electron chi connectivity index (χ2n) is 6.00. The second kappa shape index (κ2) is 11.5. The molecular weight excluding hydrogens is 290 g/mol. The lowest BCUT2D eigenvalue weighted by Crippen LogP contribution is -2.05. The normalized spacial score (nSPS) is 14.3. The fourth-order valence-electron chi connectivity index (χ4n) is 2.86. The lowest BCUT2D eigenvalue weighted by atomic mass is 9.86. The fourth-order valence-corrected chi connectivity index (χ4v) is 2.86. The highest BCUT2D eigenvalue weighted by molar-refractivity contribution is 5.61. The molecule has 23 heavy (non-hydrogen) atoms. The summed E-state index contributed by atoms with van der Waals surface area (Å²) in [5, 5.41) is 16.6. The Hall–Kier alpha value is -2.02. The van der Waals surface area contributed by atoms with Crippen LogP contribution in [0.25, 0.3) is 0 Å². The average molecular weight is 317 g/mol. The van der Waals surface area contributed by atoms with Crippen LogP contribution in [0.3, 0.4) is 0 Å². The van der Waals surface area contributed by atoms with Gasteiger partial charge < -0.3 is 9.84 Å². The molecule has 2 rings (SSSR count). The Morgan fingerprint density at radius 3 is 2.39 bits per heavy atom. The van der Waals surface area contributed by atoms with Crippen LogP contribution in [0.5, 0.6) is 5.75 Å². The van der Waals surface area contributed by atoms with Gasteiger partial charge in [-0.05, 0) is 30.2 Å². The average Bonchev–Trinajstić information content (AvgIpc) is 2.57. The van der Waals surface area contributed by atoms with Gasteiger partial charge in [0.05, 0.1) is 11.6 Å². The number of carbonyl (C=O) groups is 1. The number of nitriles is 1. The SMILES string of the molecule is CCCCCC1CCCCC1.N#Cc1ccc(OC(=O)O)cc1. The highest BCUT2D eigenvalue weighted by atomic mass is 16.7. The van der Waals surface area contributed by atoms with E-state index in [0.717, 1.165) is 5.92 Å². The van der Waals surface area contributed by atoms with Crippen LogP contribution in [0.4, 0.5) is 4.79 Å². The molecule has 0 unspecified atom stereocenters. The predicted molar refractivity (Wildman–Crippen MR) is 90.5 cm³/mol. The minimum Gasteiger partial charge on any atom is -0.449 e. The molecule has 0 amide bonds. The molecule has 1 aliphatic carbocycles. The Bertz CT molecular complexity index is 484. The summed E-state index contributed by atoms with van der Waals surface area (Å²) in [6.07, 6.45) is 12.1. The van der Waals surface area contributed by atoms with Crippen molar-refractivity contribution in [2.24, 2.45) is 5.92 Å². The van der Waals surface area contributed by atoms with Gasteiger partial charge >= 0.3 is 6.16 Å². The van der Waals surface area contributed by atoms with Crippen molar-refractivity contribution >= 4 is 6.16 Å². The van der Waals surface area contributed by atoms with Crippen LogP contribution in [0.15, 0.2) is 24.3 Å². The van der Waals surface area contributed by atoms with Crippen molar-refractivity contribution in [3.63, 3.8) is 0 Å². The Labute approximate surface area is 139 Å². The topological polar surface area (TPSA) is 70.3 Å². The zero-order valence-electron chi connectivity index (χ0n) is 14.0. The van der Waals surface area contributed by atoms with Crippen LogP contribution in [0, 0.1) is 17.2 Å². The van der Waals surface area contributed by atoms with Gasteiger partial charge in [0, 0.05) is 0 Å². The number of hydrogen-bond donors (Lipinski definition) is 1. The molecule has 0 radical (unpaired) electrons. The van der Waals surface area contributed by atoms with E-state index < -0.39 is 6.16 Å². The van der Waals surface area contributed by atoms with E-state index in [0.29, 0.717) is 5.56 Å². The van der Waals surface area contributed by atoms with E-state index in [4.69, 9.17) is 10.4 Å². The third kappa shape index (κ3) is 8.87. The smallest absolute Gasteiger partial charge is 0.449 e. The Balaban J connectivity index is 0.000000231. The van der Waals surface area contributed by atoms with Gasteiger partial charge in [-0.25, -0.2) is 4.79 Å². The van der Waals surface area contributed by atoms with Crippen LogP contribution < -0.4 is 4.74 Å². The van der Waals surface area contributed by atoms with E-state index in [1.165, 1.54) is 82.1 Å². The summed E-state index contributed by atoms with van der Waals surface area (Å²) in [6, 6.07) is 7.72. The lowest BCUT2D eigenvalue weighted by Gasteiger charge is -2.20. The van der Waals surface area contributed by atoms with Crippen molar-refractivity contribution in [3.05, 3.63) is 29.8 Å². The summed E-state index contributed by atoms with van der Waals surface area (Å²) >= 11 is 0. The van der Waals surface area contributed by atoms with Crippen LogP contribution in [-0.2, 0) is 0 Å². The van der Waals surface area contributed by atoms with Gasteiger partial charge in [-0.2, -0.15) is 5.26 Å². The minimum absolute atomic E-state index is 0.210. The molecule has 1 aromatic rings. The first-order valence-electron chi connectivity index (χ1n) is 8.56. The van der Waals surface area contributed by atoms with Crippen LogP contribution >= 0.6 is 0 Å². The number of ether oxygens (including phenoxy) is 1. The highest BCUT2D eigenvalue weighted by Gasteiger charge is 2.11. The lowest BCUT2D eigenvalue weighted by molar-refractivity contribution is 0.144. The maximum Gasteiger partial charge on any atom is 0.511 e. The molecule has 1 saturated carbocycles. The van der Waals surface area contributed by atoms with Crippen LogP contribution in [0.1, 0.15) is 70.3 Å². The number of benzene rings is 1. The van der Waals surface area contributed by atoms with Crippen molar-refractivity contribution < 1.29 is 14.6 Å². The van der Waals surface area contributed by atoms with Gasteiger partial charge in [-0.1, -0.05) is 64.7 Å². The summed E-state index contributed by atoms with van der Waals surface area (Å²) in [5.74, 6) is 1.32. The maximum atomic E-state index is 10.0. The number of hydrogen-bond acceptors (Lipinski definition) is 3. The molecule has 1 N–H and O–H groups in total. The number of unbranched alkanes of at least 4 members (excludes halogenated alkanes) is 2. The van der Waals surface area contributed by atoms with Gasteiger partial charge in [-0.3, -0.25) is 0 Å². The molecule has 0 aliphatic heterocycles. The first-order valence-corrected chi connectivity index (χ1v) is 8.56. The molecule has 0 heterocycles. The summed E-state index contributed by atoms with van der Waals surface area (Å²) < 4.78 is 4.32. The largest absolute Gasteiger partial charge is 0.511 e. The second-order valence-corrected chi connectivity index (χ2v) is 6.00. The molecular formula is C19H27NO3.